The lowest BCUT2D eigenvalue weighted by molar-refractivity contribution is 0.238. The van der Waals surface area contributed by atoms with Crippen molar-refractivity contribution in [3.05, 3.63) is 23.2 Å². The molecular weight excluding hydrogens is 284 g/mol. The molecule has 1 aliphatic heterocycles. The van der Waals surface area contributed by atoms with Crippen molar-refractivity contribution in [1.82, 2.24) is 14.4 Å². The topological polar surface area (TPSA) is 53.7 Å². The van der Waals surface area contributed by atoms with Gasteiger partial charge in [0.2, 0.25) is 0 Å². The third-order valence-corrected chi connectivity index (χ3v) is 3.55. The van der Waals surface area contributed by atoms with Crippen molar-refractivity contribution in [2.45, 2.75) is 6.42 Å². The van der Waals surface area contributed by atoms with Crippen molar-refractivity contribution >= 4 is 27.4 Å². The standard InChI is InChI=1S/C11H13BrN4O/c12-9-6-16-4-2-13-10(16)11(14-9)15-3-1-8(5-15)7-17/h2,4,6,8,17H,1,3,5,7H2. The van der Waals surface area contributed by atoms with Gasteiger partial charge in [0.05, 0.1) is 0 Å². The van der Waals surface area contributed by atoms with Gasteiger partial charge in [0, 0.05) is 44.2 Å². The Balaban J connectivity index is 2.02. The maximum atomic E-state index is 9.18. The van der Waals surface area contributed by atoms with Crippen LogP contribution in [0.2, 0.25) is 0 Å². The van der Waals surface area contributed by atoms with Crippen LogP contribution in [0.15, 0.2) is 23.2 Å². The van der Waals surface area contributed by atoms with Crippen LogP contribution in [-0.2, 0) is 0 Å². The minimum Gasteiger partial charge on any atom is -0.396 e. The van der Waals surface area contributed by atoms with Crippen molar-refractivity contribution < 1.29 is 5.11 Å². The highest BCUT2D eigenvalue weighted by Gasteiger charge is 2.25. The molecule has 17 heavy (non-hydrogen) atoms. The van der Waals surface area contributed by atoms with E-state index in [1.54, 1.807) is 6.20 Å². The molecule has 0 spiro atoms. The van der Waals surface area contributed by atoms with E-state index in [1.165, 1.54) is 0 Å². The Morgan fingerprint density at radius 2 is 2.41 bits per heavy atom. The molecule has 2 aromatic heterocycles. The van der Waals surface area contributed by atoms with Gasteiger partial charge in [0.15, 0.2) is 11.5 Å². The second kappa shape index (κ2) is 4.27. The van der Waals surface area contributed by atoms with E-state index in [2.05, 4.69) is 30.8 Å². The molecular formula is C11H13BrN4O. The van der Waals surface area contributed by atoms with Crippen molar-refractivity contribution in [3.63, 3.8) is 0 Å². The van der Waals surface area contributed by atoms with Gasteiger partial charge in [-0.1, -0.05) is 0 Å². The number of hydrogen-bond donors (Lipinski definition) is 1. The summed E-state index contributed by atoms with van der Waals surface area (Å²) in [5, 5.41) is 9.18. The number of aliphatic hydroxyl groups is 1. The van der Waals surface area contributed by atoms with Gasteiger partial charge >= 0.3 is 0 Å². The first-order chi connectivity index (χ1) is 8.28. The van der Waals surface area contributed by atoms with Gasteiger partial charge < -0.3 is 14.4 Å². The number of anilines is 1. The number of halogens is 1. The second-order valence-corrected chi connectivity index (χ2v) is 5.14. The monoisotopic (exact) mass is 296 g/mol. The molecule has 1 unspecified atom stereocenters. The van der Waals surface area contributed by atoms with Crippen molar-refractivity contribution in [2.24, 2.45) is 5.92 Å². The molecule has 0 saturated carbocycles. The summed E-state index contributed by atoms with van der Waals surface area (Å²) >= 11 is 3.41. The number of aliphatic hydroxyl groups excluding tert-OH is 1. The van der Waals surface area contributed by atoms with Gasteiger partial charge in [0.25, 0.3) is 0 Å². The first-order valence-electron chi connectivity index (χ1n) is 5.63. The van der Waals surface area contributed by atoms with Gasteiger partial charge in [-0.25, -0.2) is 9.97 Å². The minimum absolute atomic E-state index is 0.245. The van der Waals surface area contributed by atoms with Gasteiger partial charge in [-0.05, 0) is 22.4 Å². The van der Waals surface area contributed by atoms with E-state index in [1.807, 2.05) is 16.8 Å². The third kappa shape index (κ3) is 1.91. The summed E-state index contributed by atoms with van der Waals surface area (Å²) < 4.78 is 2.75. The average molecular weight is 297 g/mol. The molecule has 5 nitrogen and oxygen atoms in total. The molecule has 1 atom stereocenters. The van der Waals surface area contributed by atoms with Crippen LogP contribution in [0, 0.1) is 5.92 Å². The third-order valence-electron chi connectivity index (χ3n) is 3.17. The first kappa shape index (κ1) is 11.0. The van der Waals surface area contributed by atoms with Crippen LogP contribution in [-0.4, -0.2) is 39.2 Å². The van der Waals surface area contributed by atoms with Crippen LogP contribution < -0.4 is 4.90 Å². The second-order valence-electron chi connectivity index (χ2n) is 4.33. The Bertz CT molecular complexity index is 541. The summed E-state index contributed by atoms with van der Waals surface area (Å²) in [5.41, 5.74) is 0.867. The largest absolute Gasteiger partial charge is 0.396 e. The Morgan fingerprint density at radius 3 is 3.18 bits per heavy atom. The molecule has 0 radical (unpaired) electrons. The molecule has 1 saturated heterocycles. The molecule has 0 bridgehead atoms. The van der Waals surface area contributed by atoms with Gasteiger partial charge in [-0.3, -0.25) is 0 Å². The number of hydrogen-bond acceptors (Lipinski definition) is 4. The van der Waals surface area contributed by atoms with Crippen LogP contribution in [0.4, 0.5) is 5.82 Å². The number of rotatable bonds is 2. The lowest BCUT2D eigenvalue weighted by atomic mass is 10.1. The first-order valence-corrected chi connectivity index (χ1v) is 6.42. The van der Waals surface area contributed by atoms with E-state index in [9.17, 15) is 5.11 Å². The molecule has 3 heterocycles. The molecule has 1 fully saturated rings. The minimum atomic E-state index is 0.245. The Labute approximate surface area is 107 Å². The van der Waals surface area contributed by atoms with Crippen LogP contribution in [0.5, 0.6) is 0 Å². The molecule has 1 aliphatic rings. The summed E-state index contributed by atoms with van der Waals surface area (Å²) in [6, 6.07) is 0. The SMILES string of the molecule is OCC1CCN(c2nc(Br)cn3ccnc23)C1. The Morgan fingerprint density at radius 1 is 1.53 bits per heavy atom. The number of imidazole rings is 1. The maximum absolute atomic E-state index is 9.18. The van der Waals surface area contributed by atoms with Gasteiger partial charge in [0.1, 0.15) is 4.60 Å². The quantitative estimate of drug-likeness (QED) is 0.908. The van der Waals surface area contributed by atoms with E-state index >= 15 is 0 Å². The summed E-state index contributed by atoms with van der Waals surface area (Å²) in [7, 11) is 0. The van der Waals surface area contributed by atoms with Crippen molar-refractivity contribution in [3.8, 4) is 0 Å². The molecule has 6 heteroatoms. The highest BCUT2D eigenvalue weighted by Crippen LogP contribution is 2.26. The molecule has 0 amide bonds. The lowest BCUT2D eigenvalue weighted by Crippen LogP contribution is -2.22. The fourth-order valence-corrected chi connectivity index (χ4v) is 2.66. The van der Waals surface area contributed by atoms with E-state index in [4.69, 9.17) is 0 Å². The van der Waals surface area contributed by atoms with Crippen molar-refractivity contribution in [1.29, 1.82) is 0 Å². The van der Waals surface area contributed by atoms with Crippen LogP contribution in [0.1, 0.15) is 6.42 Å². The summed E-state index contributed by atoms with van der Waals surface area (Å²) in [6.07, 6.45) is 6.58. The zero-order valence-electron chi connectivity index (χ0n) is 9.25. The summed E-state index contributed by atoms with van der Waals surface area (Å²) in [4.78, 5) is 11.0. The maximum Gasteiger partial charge on any atom is 0.180 e. The average Bonchev–Trinajstić information content (AvgIpc) is 2.95. The van der Waals surface area contributed by atoms with E-state index in [-0.39, 0.29) is 6.61 Å². The molecule has 0 aromatic carbocycles. The van der Waals surface area contributed by atoms with Gasteiger partial charge in [-0.2, -0.15) is 0 Å². The summed E-state index contributed by atoms with van der Waals surface area (Å²) in [6.45, 7) is 2.02. The highest BCUT2D eigenvalue weighted by molar-refractivity contribution is 9.10. The van der Waals surface area contributed by atoms with Gasteiger partial charge in [-0.15, -0.1) is 0 Å². The van der Waals surface area contributed by atoms with Crippen LogP contribution >= 0.6 is 15.9 Å². The fourth-order valence-electron chi connectivity index (χ4n) is 2.27. The Hall–Kier alpha value is -1.14. The molecule has 2 aromatic rings. The number of aromatic nitrogens is 3. The molecule has 0 aliphatic carbocycles. The number of fused-ring (bicyclic) bond motifs is 1. The normalized spacial score (nSPS) is 20.4. The molecule has 90 valence electrons. The smallest absolute Gasteiger partial charge is 0.180 e. The molecule has 1 N–H and O–H groups in total. The predicted molar refractivity (Wildman–Crippen MR) is 68.1 cm³/mol. The zero-order valence-corrected chi connectivity index (χ0v) is 10.8. The van der Waals surface area contributed by atoms with Crippen molar-refractivity contribution in [2.75, 3.05) is 24.6 Å². The van der Waals surface area contributed by atoms with E-state index in [0.29, 0.717) is 5.92 Å². The Kier molecular flexibility index (Phi) is 2.76. The van der Waals surface area contributed by atoms with E-state index in [0.717, 1.165) is 35.6 Å². The van der Waals surface area contributed by atoms with Crippen LogP contribution in [0.25, 0.3) is 5.65 Å². The molecule has 3 rings (SSSR count). The summed E-state index contributed by atoms with van der Waals surface area (Å²) in [5.74, 6) is 1.24. The van der Waals surface area contributed by atoms with E-state index < -0.39 is 0 Å². The fraction of sp³-hybridized carbons (Fsp3) is 0.455. The zero-order chi connectivity index (χ0) is 11.8. The predicted octanol–water partition coefficient (Wildman–Crippen LogP) is 1.31. The van der Waals surface area contributed by atoms with Crippen LogP contribution in [0.3, 0.4) is 0 Å². The lowest BCUT2D eigenvalue weighted by Gasteiger charge is -2.17. The highest BCUT2D eigenvalue weighted by atomic mass is 79.9. The number of nitrogens with zero attached hydrogens (tertiary/aromatic N) is 4.